The number of aliphatic hydroxyl groups is 1. The number of anilines is 1. The van der Waals surface area contributed by atoms with Crippen molar-refractivity contribution in [2.24, 2.45) is 0 Å². The molecule has 2 saturated heterocycles. The maximum absolute atomic E-state index is 12.1. The summed E-state index contributed by atoms with van der Waals surface area (Å²) < 4.78 is 30.2. The highest BCUT2D eigenvalue weighted by molar-refractivity contribution is 7.53. The minimum atomic E-state index is -3.26. The lowest BCUT2D eigenvalue weighted by atomic mass is 9.96. The first-order valence-electron chi connectivity index (χ1n) is 7.54. The summed E-state index contributed by atoms with van der Waals surface area (Å²) in [4.78, 5) is 8.07. The predicted molar refractivity (Wildman–Crippen MR) is 85.5 cm³/mol. The molecule has 0 amide bonds. The number of ether oxygens (including phenoxy) is 1. The largest absolute Gasteiger partial charge is 0.383 e. The number of nitrogen functional groups attached to an aromatic ring is 1. The quantitative estimate of drug-likeness (QED) is 0.700. The van der Waals surface area contributed by atoms with Crippen LogP contribution in [0.25, 0.3) is 11.0 Å². The first-order valence-corrected chi connectivity index (χ1v) is 9.53. The second-order valence-corrected chi connectivity index (χ2v) is 8.38. The van der Waals surface area contributed by atoms with Gasteiger partial charge in [0.25, 0.3) is 0 Å². The van der Waals surface area contributed by atoms with Crippen molar-refractivity contribution in [2.75, 3.05) is 19.0 Å². The van der Waals surface area contributed by atoms with Gasteiger partial charge in [-0.15, -0.1) is 0 Å². The van der Waals surface area contributed by atoms with Crippen molar-refractivity contribution < 1.29 is 23.5 Å². The lowest BCUT2D eigenvalue weighted by Crippen LogP contribution is -2.47. The molecule has 2 aromatic heterocycles. The molecular weight excluding hydrogens is 349 g/mol. The van der Waals surface area contributed by atoms with E-state index < -0.39 is 31.6 Å². The average molecular weight is 365 g/mol. The van der Waals surface area contributed by atoms with Crippen molar-refractivity contribution in [3.63, 3.8) is 0 Å². The van der Waals surface area contributed by atoms with E-state index in [-0.39, 0.29) is 18.0 Å². The molecule has 3 N–H and O–H groups in total. The van der Waals surface area contributed by atoms with Gasteiger partial charge in [-0.05, 0) is 6.92 Å². The normalized spacial score (nSPS) is 37.8. The molecule has 2 aliphatic heterocycles. The topological polar surface area (TPSA) is 146 Å². The Morgan fingerprint density at radius 3 is 3.04 bits per heavy atom. The molecule has 25 heavy (non-hydrogen) atoms. The molecule has 10 nitrogen and oxygen atoms in total. The highest BCUT2D eigenvalue weighted by Crippen LogP contribution is 2.55. The number of hydrogen-bond donors (Lipinski definition) is 2. The van der Waals surface area contributed by atoms with E-state index in [1.54, 1.807) is 0 Å². The van der Waals surface area contributed by atoms with Crippen LogP contribution in [0.15, 0.2) is 12.5 Å². The van der Waals surface area contributed by atoms with Crippen molar-refractivity contribution in [3.05, 3.63) is 18.1 Å². The second kappa shape index (κ2) is 5.24. The standard InChI is InChI=1S/C14H16N5O5P/c1-14(20)10-8(5-22-25(2,21)24-10)23-13(14)19-4-7(3-15)9-11(16)17-6-18-12(9)19/h4,6,8,10,13,20H,5H2,1-2H3,(H2,16,17,18). The molecule has 0 saturated carbocycles. The molecule has 5 unspecified atom stereocenters. The number of aromatic nitrogens is 3. The van der Waals surface area contributed by atoms with Crippen molar-refractivity contribution in [2.45, 2.75) is 31.0 Å². The van der Waals surface area contributed by atoms with Gasteiger partial charge in [-0.1, -0.05) is 0 Å². The van der Waals surface area contributed by atoms with E-state index in [9.17, 15) is 14.9 Å². The molecule has 0 aliphatic carbocycles. The van der Waals surface area contributed by atoms with Crippen LogP contribution in [-0.2, 0) is 18.3 Å². The van der Waals surface area contributed by atoms with Gasteiger partial charge in [0.05, 0.1) is 17.6 Å². The summed E-state index contributed by atoms with van der Waals surface area (Å²) >= 11 is 0. The number of nitrogens with two attached hydrogens (primary N) is 1. The van der Waals surface area contributed by atoms with Gasteiger partial charge in [0.15, 0.2) is 6.23 Å². The van der Waals surface area contributed by atoms with Crippen LogP contribution in [0.3, 0.4) is 0 Å². The molecule has 0 aromatic carbocycles. The van der Waals surface area contributed by atoms with Crippen LogP contribution >= 0.6 is 7.60 Å². The highest BCUT2D eigenvalue weighted by atomic mass is 31.2. The fourth-order valence-electron chi connectivity index (χ4n) is 3.36. The maximum Gasteiger partial charge on any atom is 0.328 e. The minimum Gasteiger partial charge on any atom is -0.383 e. The predicted octanol–water partition coefficient (Wildman–Crippen LogP) is 0.772. The molecule has 2 fully saturated rings. The zero-order valence-electron chi connectivity index (χ0n) is 13.5. The molecule has 2 aliphatic rings. The lowest BCUT2D eigenvalue weighted by molar-refractivity contribution is -0.0885. The van der Waals surface area contributed by atoms with Gasteiger partial charge in [0.1, 0.15) is 41.7 Å². The lowest BCUT2D eigenvalue weighted by Gasteiger charge is -2.34. The number of rotatable bonds is 1. The summed E-state index contributed by atoms with van der Waals surface area (Å²) in [6, 6.07) is 2.04. The van der Waals surface area contributed by atoms with Crippen molar-refractivity contribution >= 4 is 24.4 Å². The van der Waals surface area contributed by atoms with E-state index in [2.05, 4.69) is 9.97 Å². The summed E-state index contributed by atoms with van der Waals surface area (Å²) in [5, 5.41) is 20.8. The molecule has 2 aromatic rings. The van der Waals surface area contributed by atoms with Gasteiger partial charge in [-0.25, -0.2) is 9.97 Å². The van der Waals surface area contributed by atoms with Gasteiger partial charge in [0, 0.05) is 12.9 Å². The Kier molecular flexibility index (Phi) is 3.45. The first-order chi connectivity index (χ1) is 11.7. The van der Waals surface area contributed by atoms with Crippen LogP contribution in [0.1, 0.15) is 18.7 Å². The fourth-order valence-corrected chi connectivity index (χ4v) is 4.60. The van der Waals surface area contributed by atoms with E-state index in [1.807, 2.05) is 6.07 Å². The summed E-state index contributed by atoms with van der Waals surface area (Å²) in [6.07, 6.45) is 0.390. The molecule has 5 atom stereocenters. The first kappa shape index (κ1) is 16.4. The number of nitrogens with zero attached hydrogens (tertiary/aromatic N) is 4. The molecule has 4 rings (SSSR count). The zero-order valence-corrected chi connectivity index (χ0v) is 14.4. The molecule has 0 radical (unpaired) electrons. The van der Waals surface area contributed by atoms with Crippen molar-refractivity contribution in [3.8, 4) is 6.07 Å². The molecule has 0 spiro atoms. The van der Waals surface area contributed by atoms with Gasteiger partial charge < -0.3 is 24.7 Å². The zero-order chi connectivity index (χ0) is 18.0. The van der Waals surface area contributed by atoms with E-state index >= 15 is 0 Å². The van der Waals surface area contributed by atoms with E-state index in [4.69, 9.17) is 19.5 Å². The number of fused-ring (bicyclic) bond motifs is 2. The van der Waals surface area contributed by atoms with Crippen LogP contribution < -0.4 is 5.73 Å². The third kappa shape index (κ3) is 2.36. The third-order valence-electron chi connectivity index (χ3n) is 4.51. The second-order valence-electron chi connectivity index (χ2n) is 6.37. The van der Waals surface area contributed by atoms with Crippen molar-refractivity contribution in [1.82, 2.24) is 14.5 Å². The molecule has 4 heterocycles. The summed E-state index contributed by atoms with van der Waals surface area (Å²) in [7, 11) is -3.26. The molecule has 0 bridgehead atoms. The van der Waals surface area contributed by atoms with Crippen LogP contribution in [-0.4, -0.2) is 50.7 Å². The SMILES string of the molecule is CC1(O)C2OP(C)(=O)OCC2OC1n1cc(C#N)c2c(N)ncnc21. The van der Waals surface area contributed by atoms with Gasteiger partial charge in [0.2, 0.25) is 0 Å². The Labute approximate surface area is 142 Å². The molecular formula is C14H16N5O5P. The Bertz CT molecular complexity index is 951. The molecule has 132 valence electrons. The summed E-state index contributed by atoms with van der Waals surface area (Å²) in [5.74, 6) is 0.160. The smallest absolute Gasteiger partial charge is 0.328 e. The Morgan fingerprint density at radius 1 is 1.56 bits per heavy atom. The number of nitriles is 1. The maximum atomic E-state index is 12.1. The Hall–Kier alpha value is -2.02. The average Bonchev–Trinajstić information content (AvgIpc) is 3.03. The van der Waals surface area contributed by atoms with E-state index in [0.717, 1.165) is 0 Å². The summed E-state index contributed by atoms with van der Waals surface area (Å²) in [5.41, 5.74) is 4.95. The van der Waals surface area contributed by atoms with Gasteiger partial charge >= 0.3 is 7.60 Å². The minimum absolute atomic E-state index is 0.0343. The highest BCUT2D eigenvalue weighted by Gasteiger charge is 2.58. The Morgan fingerprint density at radius 2 is 2.32 bits per heavy atom. The number of hydrogen-bond acceptors (Lipinski definition) is 9. The van der Waals surface area contributed by atoms with Crippen molar-refractivity contribution in [1.29, 1.82) is 5.26 Å². The van der Waals surface area contributed by atoms with E-state index in [0.29, 0.717) is 11.0 Å². The summed E-state index contributed by atoms with van der Waals surface area (Å²) in [6.45, 7) is 2.90. The molecule has 11 heteroatoms. The van der Waals surface area contributed by atoms with Crippen LogP contribution in [0.5, 0.6) is 0 Å². The van der Waals surface area contributed by atoms with Crippen LogP contribution in [0.2, 0.25) is 0 Å². The van der Waals surface area contributed by atoms with Gasteiger partial charge in [-0.2, -0.15) is 5.26 Å². The Balaban J connectivity index is 1.84. The van der Waals surface area contributed by atoms with Crippen LogP contribution in [0, 0.1) is 11.3 Å². The van der Waals surface area contributed by atoms with Crippen LogP contribution in [0.4, 0.5) is 5.82 Å². The van der Waals surface area contributed by atoms with Gasteiger partial charge in [-0.3, -0.25) is 9.09 Å². The monoisotopic (exact) mass is 365 g/mol. The fraction of sp³-hybridized carbons (Fsp3) is 0.500. The third-order valence-corrected chi connectivity index (χ3v) is 5.74. The van der Waals surface area contributed by atoms with E-state index in [1.165, 1.54) is 30.7 Å².